The predicted octanol–water partition coefficient (Wildman–Crippen LogP) is 2.89. The van der Waals surface area contributed by atoms with Crippen LogP contribution in [0.1, 0.15) is 16.7 Å². The molecule has 3 rings (SSSR count). The van der Waals surface area contributed by atoms with Gasteiger partial charge in [0.25, 0.3) is 0 Å². The number of aryl methyl sites for hydroxylation is 2. The van der Waals surface area contributed by atoms with Crippen molar-refractivity contribution in [1.29, 1.82) is 0 Å². The van der Waals surface area contributed by atoms with E-state index < -0.39 is 0 Å². The second-order valence-electron chi connectivity index (χ2n) is 5.03. The molecule has 0 saturated heterocycles. The van der Waals surface area contributed by atoms with E-state index in [1.54, 1.807) is 17.2 Å². The summed E-state index contributed by atoms with van der Waals surface area (Å²) in [4.78, 5) is 8.28. The van der Waals surface area contributed by atoms with Crippen molar-refractivity contribution < 1.29 is 0 Å². The summed E-state index contributed by atoms with van der Waals surface area (Å²) in [5.74, 6) is 0.754. The standard InChI is InChI=1S/C16H17N5/c1-12-3-4-14(13(2)7-12)8-18-15-5-6-16(19-9-15)21-11-17-10-20-21/h3-7,9-11,18H,8H2,1-2H3. The van der Waals surface area contributed by atoms with Crippen LogP contribution in [-0.4, -0.2) is 19.7 Å². The summed E-state index contributed by atoms with van der Waals surface area (Å²) < 4.78 is 1.63. The van der Waals surface area contributed by atoms with Gasteiger partial charge in [0.2, 0.25) is 0 Å². The summed E-state index contributed by atoms with van der Waals surface area (Å²) in [5, 5.41) is 7.44. The van der Waals surface area contributed by atoms with E-state index in [9.17, 15) is 0 Å². The second-order valence-corrected chi connectivity index (χ2v) is 5.03. The molecule has 1 aromatic carbocycles. The van der Waals surface area contributed by atoms with Gasteiger partial charge >= 0.3 is 0 Å². The molecule has 0 bridgehead atoms. The number of hydrogen-bond acceptors (Lipinski definition) is 4. The number of nitrogens with zero attached hydrogens (tertiary/aromatic N) is 4. The van der Waals surface area contributed by atoms with Gasteiger partial charge in [-0.3, -0.25) is 0 Å². The molecule has 0 amide bonds. The van der Waals surface area contributed by atoms with Crippen LogP contribution in [0.4, 0.5) is 5.69 Å². The zero-order valence-corrected chi connectivity index (χ0v) is 12.1. The van der Waals surface area contributed by atoms with Crippen molar-refractivity contribution in [1.82, 2.24) is 19.7 Å². The zero-order valence-electron chi connectivity index (χ0n) is 12.1. The molecule has 5 nitrogen and oxygen atoms in total. The van der Waals surface area contributed by atoms with Crippen LogP contribution in [0.15, 0.2) is 49.2 Å². The highest BCUT2D eigenvalue weighted by molar-refractivity contribution is 5.44. The van der Waals surface area contributed by atoms with Crippen molar-refractivity contribution in [3.63, 3.8) is 0 Å². The molecule has 2 heterocycles. The Bertz CT molecular complexity index is 717. The topological polar surface area (TPSA) is 55.6 Å². The van der Waals surface area contributed by atoms with Crippen molar-refractivity contribution in [2.75, 3.05) is 5.32 Å². The molecule has 0 atom stereocenters. The van der Waals surface area contributed by atoms with Crippen LogP contribution < -0.4 is 5.32 Å². The Hall–Kier alpha value is -2.69. The van der Waals surface area contributed by atoms with E-state index in [0.717, 1.165) is 18.1 Å². The number of aromatic nitrogens is 4. The maximum absolute atomic E-state index is 4.37. The number of rotatable bonds is 4. The van der Waals surface area contributed by atoms with Gasteiger partial charge in [-0.1, -0.05) is 23.8 Å². The molecule has 2 aromatic heterocycles. The fourth-order valence-electron chi connectivity index (χ4n) is 2.19. The first kappa shape index (κ1) is 13.3. The Balaban J connectivity index is 1.68. The fourth-order valence-corrected chi connectivity index (χ4v) is 2.19. The van der Waals surface area contributed by atoms with Crippen molar-refractivity contribution in [2.24, 2.45) is 0 Å². The van der Waals surface area contributed by atoms with Gasteiger partial charge in [-0.25, -0.2) is 14.6 Å². The summed E-state index contributed by atoms with van der Waals surface area (Å²) >= 11 is 0. The van der Waals surface area contributed by atoms with Crippen LogP contribution >= 0.6 is 0 Å². The minimum absolute atomic E-state index is 0.754. The third-order valence-electron chi connectivity index (χ3n) is 3.38. The highest BCUT2D eigenvalue weighted by atomic mass is 15.3. The van der Waals surface area contributed by atoms with E-state index in [0.29, 0.717) is 0 Å². The minimum atomic E-state index is 0.754. The third-order valence-corrected chi connectivity index (χ3v) is 3.38. The Kier molecular flexibility index (Phi) is 3.64. The third kappa shape index (κ3) is 3.08. The molecule has 1 N–H and O–H groups in total. The monoisotopic (exact) mass is 279 g/mol. The van der Waals surface area contributed by atoms with Gasteiger partial charge in [0, 0.05) is 6.54 Å². The van der Waals surface area contributed by atoms with E-state index >= 15 is 0 Å². The molecule has 0 aliphatic rings. The summed E-state index contributed by atoms with van der Waals surface area (Å²) in [7, 11) is 0. The lowest BCUT2D eigenvalue weighted by Crippen LogP contribution is -2.03. The Morgan fingerprint density at radius 1 is 1.14 bits per heavy atom. The van der Waals surface area contributed by atoms with Crippen molar-refractivity contribution >= 4 is 5.69 Å². The Morgan fingerprint density at radius 3 is 2.71 bits per heavy atom. The molecule has 0 spiro atoms. The first-order chi connectivity index (χ1) is 10.2. The summed E-state index contributed by atoms with van der Waals surface area (Å²) in [5.41, 5.74) is 4.87. The smallest absolute Gasteiger partial charge is 0.155 e. The average Bonchev–Trinajstić information content (AvgIpc) is 3.01. The van der Waals surface area contributed by atoms with Gasteiger partial charge in [-0.05, 0) is 37.1 Å². The molecule has 0 fully saturated rings. The van der Waals surface area contributed by atoms with Gasteiger partial charge < -0.3 is 5.32 Å². The number of nitrogens with one attached hydrogen (secondary N) is 1. The van der Waals surface area contributed by atoms with Gasteiger partial charge in [0.05, 0.1) is 11.9 Å². The van der Waals surface area contributed by atoms with Crippen LogP contribution in [0.5, 0.6) is 0 Å². The van der Waals surface area contributed by atoms with E-state index in [1.807, 2.05) is 12.1 Å². The van der Waals surface area contributed by atoms with E-state index in [2.05, 4.69) is 52.4 Å². The maximum atomic E-state index is 4.37. The van der Waals surface area contributed by atoms with E-state index in [1.165, 1.54) is 23.0 Å². The highest BCUT2D eigenvalue weighted by Crippen LogP contribution is 2.14. The lowest BCUT2D eigenvalue weighted by molar-refractivity contribution is 0.845. The van der Waals surface area contributed by atoms with Gasteiger partial charge in [0.15, 0.2) is 5.82 Å². The molecule has 3 aromatic rings. The number of hydrogen-bond donors (Lipinski definition) is 1. The molecule has 5 heteroatoms. The maximum Gasteiger partial charge on any atom is 0.155 e. The molecule has 0 aliphatic heterocycles. The normalized spacial score (nSPS) is 10.6. The molecule has 106 valence electrons. The average molecular weight is 279 g/mol. The van der Waals surface area contributed by atoms with Crippen LogP contribution in [0.2, 0.25) is 0 Å². The SMILES string of the molecule is Cc1ccc(CNc2ccc(-n3cncn3)nc2)c(C)c1. The second kappa shape index (κ2) is 5.75. The number of pyridine rings is 1. The number of anilines is 1. The lowest BCUT2D eigenvalue weighted by atomic mass is 10.1. The van der Waals surface area contributed by atoms with Crippen LogP contribution in [0.25, 0.3) is 5.82 Å². The van der Waals surface area contributed by atoms with Gasteiger partial charge in [-0.15, -0.1) is 0 Å². The first-order valence-corrected chi connectivity index (χ1v) is 6.83. The first-order valence-electron chi connectivity index (χ1n) is 6.83. The molecule has 0 radical (unpaired) electrons. The Labute approximate surface area is 123 Å². The summed E-state index contributed by atoms with van der Waals surface area (Å²) in [6.45, 7) is 5.03. The fraction of sp³-hybridized carbons (Fsp3) is 0.188. The van der Waals surface area contributed by atoms with Crippen molar-refractivity contribution in [3.05, 3.63) is 65.9 Å². The lowest BCUT2D eigenvalue weighted by Gasteiger charge is -2.10. The van der Waals surface area contributed by atoms with E-state index in [4.69, 9.17) is 0 Å². The molecular weight excluding hydrogens is 262 g/mol. The van der Waals surface area contributed by atoms with Crippen molar-refractivity contribution in [3.8, 4) is 5.82 Å². The molecule has 0 saturated carbocycles. The van der Waals surface area contributed by atoms with Gasteiger partial charge in [-0.2, -0.15) is 5.10 Å². The largest absolute Gasteiger partial charge is 0.380 e. The van der Waals surface area contributed by atoms with Crippen molar-refractivity contribution in [2.45, 2.75) is 20.4 Å². The number of benzene rings is 1. The van der Waals surface area contributed by atoms with Crippen LogP contribution in [-0.2, 0) is 6.54 Å². The van der Waals surface area contributed by atoms with Crippen LogP contribution in [0.3, 0.4) is 0 Å². The Morgan fingerprint density at radius 2 is 2.05 bits per heavy atom. The highest BCUT2D eigenvalue weighted by Gasteiger charge is 2.01. The molecular formula is C16H17N5. The zero-order chi connectivity index (χ0) is 14.7. The molecule has 0 aliphatic carbocycles. The molecule has 21 heavy (non-hydrogen) atoms. The summed E-state index contributed by atoms with van der Waals surface area (Å²) in [6, 6.07) is 10.4. The minimum Gasteiger partial charge on any atom is -0.380 e. The summed E-state index contributed by atoms with van der Waals surface area (Å²) in [6.07, 6.45) is 4.93. The van der Waals surface area contributed by atoms with Crippen LogP contribution in [0, 0.1) is 13.8 Å². The van der Waals surface area contributed by atoms with E-state index in [-0.39, 0.29) is 0 Å². The van der Waals surface area contributed by atoms with Gasteiger partial charge in [0.1, 0.15) is 12.7 Å². The quantitative estimate of drug-likeness (QED) is 0.798. The molecule has 0 unspecified atom stereocenters. The predicted molar refractivity (Wildman–Crippen MR) is 82.4 cm³/mol.